The van der Waals surface area contributed by atoms with Gasteiger partial charge in [-0.2, -0.15) is 13.2 Å². The zero-order chi connectivity index (χ0) is 16.5. The van der Waals surface area contributed by atoms with Gasteiger partial charge in [0.25, 0.3) is 10.0 Å². The second-order valence-corrected chi connectivity index (χ2v) is 7.15. The second kappa shape index (κ2) is 5.92. The highest BCUT2D eigenvalue weighted by molar-refractivity contribution is 9.10. The van der Waals surface area contributed by atoms with Crippen molar-refractivity contribution in [2.45, 2.75) is 18.0 Å². The number of hydrogen-bond acceptors (Lipinski definition) is 2. The molecule has 0 fully saturated rings. The summed E-state index contributed by atoms with van der Waals surface area (Å²) >= 11 is 2.80. The summed E-state index contributed by atoms with van der Waals surface area (Å²) in [5.74, 6) is 0. The van der Waals surface area contributed by atoms with E-state index in [-0.39, 0.29) is 15.1 Å². The Hall–Kier alpha value is -1.54. The maximum absolute atomic E-state index is 12.8. The van der Waals surface area contributed by atoms with Crippen LogP contribution in [0.25, 0.3) is 0 Å². The first-order valence-electron chi connectivity index (χ1n) is 6.06. The van der Waals surface area contributed by atoms with Crippen LogP contribution in [0.4, 0.5) is 18.9 Å². The molecule has 2 aromatic carbocycles. The van der Waals surface area contributed by atoms with Gasteiger partial charge in [0.15, 0.2) is 0 Å². The third-order valence-corrected chi connectivity index (χ3v) is 4.94. The summed E-state index contributed by atoms with van der Waals surface area (Å²) in [5.41, 5.74) is -0.227. The molecule has 22 heavy (non-hydrogen) atoms. The molecule has 0 amide bonds. The van der Waals surface area contributed by atoms with Crippen LogP contribution in [0.3, 0.4) is 0 Å². The fourth-order valence-corrected chi connectivity index (χ4v) is 3.26. The van der Waals surface area contributed by atoms with Gasteiger partial charge in [0.05, 0.1) is 10.5 Å². The van der Waals surface area contributed by atoms with Crippen molar-refractivity contribution in [1.29, 1.82) is 0 Å². The maximum atomic E-state index is 12.8. The van der Waals surface area contributed by atoms with Crippen LogP contribution in [-0.2, 0) is 16.2 Å². The summed E-state index contributed by atoms with van der Waals surface area (Å²) in [7, 11) is -3.94. The molecular weight excluding hydrogens is 383 g/mol. The number of benzene rings is 2. The minimum absolute atomic E-state index is 0.0189. The molecule has 2 rings (SSSR count). The van der Waals surface area contributed by atoms with Crippen LogP contribution in [0.15, 0.2) is 51.8 Å². The van der Waals surface area contributed by atoms with Gasteiger partial charge in [-0.3, -0.25) is 4.72 Å². The predicted octanol–water partition coefficient (Wildman–Crippen LogP) is 4.58. The monoisotopic (exact) mass is 393 g/mol. The van der Waals surface area contributed by atoms with Gasteiger partial charge >= 0.3 is 6.18 Å². The van der Waals surface area contributed by atoms with Gasteiger partial charge in [0, 0.05) is 10.2 Å². The molecule has 3 nitrogen and oxygen atoms in total. The topological polar surface area (TPSA) is 46.2 Å². The molecule has 2 aromatic rings. The minimum Gasteiger partial charge on any atom is -0.280 e. The van der Waals surface area contributed by atoms with E-state index in [9.17, 15) is 21.6 Å². The lowest BCUT2D eigenvalue weighted by atomic mass is 10.2. The van der Waals surface area contributed by atoms with E-state index < -0.39 is 21.8 Å². The Morgan fingerprint density at radius 2 is 1.64 bits per heavy atom. The van der Waals surface area contributed by atoms with Gasteiger partial charge < -0.3 is 0 Å². The van der Waals surface area contributed by atoms with Crippen molar-refractivity contribution >= 4 is 31.6 Å². The standard InChI is InChI=1S/C14H11BrF3NO2S/c1-9-2-5-11(6-3-9)22(20,21)19-10-4-7-13(15)12(8-10)14(16,17)18/h2-8,19H,1H3. The quantitative estimate of drug-likeness (QED) is 0.829. The normalized spacial score (nSPS) is 12.2. The van der Waals surface area contributed by atoms with Gasteiger partial charge in [0.1, 0.15) is 0 Å². The van der Waals surface area contributed by atoms with E-state index in [0.29, 0.717) is 0 Å². The minimum atomic E-state index is -4.58. The number of alkyl halides is 3. The smallest absolute Gasteiger partial charge is 0.280 e. The molecule has 0 aliphatic rings. The number of halogens is 4. The van der Waals surface area contributed by atoms with Gasteiger partial charge in [-0.15, -0.1) is 0 Å². The number of anilines is 1. The SMILES string of the molecule is Cc1ccc(S(=O)(=O)Nc2ccc(Br)c(C(F)(F)F)c2)cc1. The molecule has 0 atom stereocenters. The summed E-state index contributed by atoms with van der Waals surface area (Å²) in [6.07, 6.45) is -4.58. The highest BCUT2D eigenvalue weighted by atomic mass is 79.9. The molecule has 0 saturated heterocycles. The first-order valence-corrected chi connectivity index (χ1v) is 8.33. The third-order valence-electron chi connectivity index (χ3n) is 2.86. The number of nitrogens with one attached hydrogen (secondary N) is 1. The Labute approximate surface area is 134 Å². The summed E-state index contributed by atoms with van der Waals surface area (Å²) in [6, 6.07) is 9.15. The highest BCUT2D eigenvalue weighted by Gasteiger charge is 2.33. The van der Waals surface area contributed by atoms with E-state index in [1.54, 1.807) is 19.1 Å². The van der Waals surface area contributed by atoms with E-state index in [4.69, 9.17) is 0 Å². The Balaban J connectivity index is 2.36. The molecule has 0 bridgehead atoms. The summed E-state index contributed by atoms with van der Waals surface area (Å²) < 4.78 is 64.8. The average Bonchev–Trinajstić information content (AvgIpc) is 2.40. The fourth-order valence-electron chi connectivity index (χ4n) is 1.74. The third kappa shape index (κ3) is 3.80. The zero-order valence-electron chi connectivity index (χ0n) is 11.3. The van der Waals surface area contributed by atoms with Crippen molar-refractivity contribution in [2.24, 2.45) is 0 Å². The number of aryl methyl sites for hydroxylation is 1. The van der Waals surface area contributed by atoms with E-state index in [1.165, 1.54) is 18.2 Å². The van der Waals surface area contributed by atoms with Crippen molar-refractivity contribution in [3.8, 4) is 0 Å². The van der Waals surface area contributed by atoms with Gasteiger partial charge in [0.2, 0.25) is 0 Å². The molecule has 0 aliphatic carbocycles. The summed E-state index contributed by atoms with van der Waals surface area (Å²) in [6.45, 7) is 1.80. The summed E-state index contributed by atoms with van der Waals surface area (Å²) in [4.78, 5) is -0.0189. The zero-order valence-corrected chi connectivity index (χ0v) is 13.7. The van der Waals surface area contributed by atoms with Gasteiger partial charge in [-0.25, -0.2) is 8.42 Å². The molecule has 118 valence electrons. The van der Waals surface area contributed by atoms with E-state index in [1.807, 2.05) is 0 Å². The molecule has 0 aromatic heterocycles. The van der Waals surface area contributed by atoms with E-state index >= 15 is 0 Å². The van der Waals surface area contributed by atoms with Crippen molar-refractivity contribution in [3.63, 3.8) is 0 Å². The molecule has 1 N–H and O–H groups in total. The second-order valence-electron chi connectivity index (χ2n) is 4.61. The summed E-state index contributed by atoms with van der Waals surface area (Å²) in [5, 5.41) is 0. The van der Waals surface area contributed by atoms with Crippen LogP contribution in [0.1, 0.15) is 11.1 Å². The molecule has 0 aliphatic heterocycles. The van der Waals surface area contributed by atoms with Crippen LogP contribution in [-0.4, -0.2) is 8.42 Å². The average molecular weight is 394 g/mol. The van der Waals surface area contributed by atoms with Crippen molar-refractivity contribution in [3.05, 3.63) is 58.1 Å². The van der Waals surface area contributed by atoms with Crippen molar-refractivity contribution in [1.82, 2.24) is 0 Å². The van der Waals surface area contributed by atoms with Gasteiger partial charge in [-0.05, 0) is 37.3 Å². The fraction of sp³-hybridized carbons (Fsp3) is 0.143. The van der Waals surface area contributed by atoms with Crippen molar-refractivity contribution in [2.75, 3.05) is 4.72 Å². The molecule has 0 spiro atoms. The van der Waals surface area contributed by atoms with Crippen molar-refractivity contribution < 1.29 is 21.6 Å². The Bertz CT molecular complexity index is 787. The first kappa shape index (κ1) is 16.8. The van der Waals surface area contributed by atoms with Crippen LogP contribution < -0.4 is 4.72 Å². The molecular formula is C14H11BrF3NO2S. The highest BCUT2D eigenvalue weighted by Crippen LogP contribution is 2.36. The molecule has 0 saturated carbocycles. The largest absolute Gasteiger partial charge is 0.417 e. The lowest BCUT2D eigenvalue weighted by Crippen LogP contribution is -2.14. The lowest BCUT2D eigenvalue weighted by Gasteiger charge is -2.13. The first-order chi connectivity index (χ1) is 10.1. The molecule has 0 unspecified atom stereocenters. The molecule has 0 heterocycles. The number of rotatable bonds is 3. The van der Waals surface area contributed by atoms with Crippen LogP contribution in [0.2, 0.25) is 0 Å². The Morgan fingerprint density at radius 1 is 1.05 bits per heavy atom. The molecule has 0 radical (unpaired) electrons. The molecule has 8 heteroatoms. The predicted molar refractivity (Wildman–Crippen MR) is 81.1 cm³/mol. The Kier molecular flexibility index (Phi) is 4.53. The Morgan fingerprint density at radius 3 is 2.18 bits per heavy atom. The van der Waals surface area contributed by atoms with E-state index in [2.05, 4.69) is 20.7 Å². The number of sulfonamides is 1. The van der Waals surface area contributed by atoms with Gasteiger partial charge in [-0.1, -0.05) is 33.6 Å². The van der Waals surface area contributed by atoms with Crippen LogP contribution >= 0.6 is 15.9 Å². The maximum Gasteiger partial charge on any atom is 0.417 e. The lowest BCUT2D eigenvalue weighted by molar-refractivity contribution is -0.138. The van der Waals surface area contributed by atoms with Crippen LogP contribution in [0.5, 0.6) is 0 Å². The van der Waals surface area contributed by atoms with Crippen LogP contribution in [0, 0.1) is 6.92 Å². The number of hydrogen-bond donors (Lipinski definition) is 1. The van der Waals surface area contributed by atoms with E-state index in [0.717, 1.165) is 17.7 Å².